The Bertz CT molecular complexity index is 1020. The van der Waals surface area contributed by atoms with E-state index in [0.717, 1.165) is 11.3 Å². The van der Waals surface area contributed by atoms with Crippen LogP contribution >= 0.6 is 23.2 Å². The summed E-state index contributed by atoms with van der Waals surface area (Å²) < 4.78 is 0. The van der Waals surface area contributed by atoms with Crippen LogP contribution in [-0.2, 0) is 11.3 Å². The predicted octanol–water partition coefficient (Wildman–Crippen LogP) is 5.21. The highest BCUT2D eigenvalue weighted by Crippen LogP contribution is 2.23. The third-order valence-corrected chi connectivity index (χ3v) is 4.41. The van der Waals surface area contributed by atoms with Crippen LogP contribution in [0.2, 0.25) is 10.0 Å². The Labute approximate surface area is 178 Å². The third-order valence-electron chi connectivity index (χ3n) is 3.95. The van der Waals surface area contributed by atoms with Crippen molar-refractivity contribution in [2.75, 3.05) is 16.0 Å². The zero-order valence-electron chi connectivity index (χ0n) is 15.5. The molecule has 2 aromatic carbocycles. The lowest BCUT2D eigenvalue weighted by atomic mass is 10.1. The van der Waals surface area contributed by atoms with Crippen LogP contribution in [0.5, 0.6) is 0 Å². The number of hydrogen-bond donors (Lipinski definition) is 3. The molecule has 0 aliphatic carbocycles. The molecule has 8 heteroatoms. The Hall–Kier alpha value is -3.09. The van der Waals surface area contributed by atoms with E-state index in [1.165, 1.54) is 13.1 Å². The highest BCUT2D eigenvalue weighted by Gasteiger charge is 2.13. The van der Waals surface area contributed by atoms with Crippen molar-refractivity contribution < 1.29 is 9.59 Å². The molecule has 0 radical (unpaired) electrons. The van der Waals surface area contributed by atoms with Gasteiger partial charge in [-0.2, -0.15) is 0 Å². The summed E-state index contributed by atoms with van der Waals surface area (Å²) in [7, 11) is 0. The van der Waals surface area contributed by atoms with Gasteiger partial charge >= 0.3 is 0 Å². The molecule has 0 unspecified atom stereocenters. The van der Waals surface area contributed by atoms with Crippen molar-refractivity contribution in [2.45, 2.75) is 13.5 Å². The summed E-state index contributed by atoms with van der Waals surface area (Å²) in [5, 5.41) is 9.63. The van der Waals surface area contributed by atoms with Gasteiger partial charge in [0.1, 0.15) is 5.82 Å². The van der Waals surface area contributed by atoms with Gasteiger partial charge in [-0.1, -0.05) is 35.3 Å². The van der Waals surface area contributed by atoms with E-state index < -0.39 is 0 Å². The van der Waals surface area contributed by atoms with Gasteiger partial charge in [-0.3, -0.25) is 9.59 Å². The number of nitrogens with zero attached hydrogens (tertiary/aromatic N) is 1. The Morgan fingerprint density at radius 3 is 2.31 bits per heavy atom. The van der Waals surface area contributed by atoms with Gasteiger partial charge in [0.15, 0.2) is 0 Å². The highest BCUT2D eigenvalue weighted by molar-refractivity contribution is 6.31. The van der Waals surface area contributed by atoms with Gasteiger partial charge in [0.25, 0.3) is 5.91 Å². The molecule has 0 atom stereocenters. The average Bonchev–Trinajstić information content (AvgIpc) is 2.69. The van der Waals surface area contributed by atoms with Crippen molar-refractivity contribution >= 4 is 52.2 Å². The molecule has 1 aromatic heterocycles. The molecule has 1 heterocycles. The first-order chi connectivity index (χ1) is 13.9. The fraction of sp³-hybridized carbons (Fsp3) is 0.0952. The van der Waals surface area contributed by atoms with Crippen molar-refractivity contribution in [2.24, 2.45) is 0 Å². The maximum absolute atomic E-state index is 12.7. The summed E-state index contributed by atoms with van der Waals surface area (Å²) in [5.41, 5.74) is 2.74. The summed E-state index contributed by atoms with van der Waals surface area (Å²) in [6, 6.07) is 15.7. The second kappa shape index (κ2) is 9.41. The maximum Gasteiger partial charge on any atom is 0.258 e. The summed E-state index contributed by atoms with van der Waals surface area (Å²) in [4.78, 5) is 27.9. The number of benzene rings is 2. The second-order valence-electron chi connectivity index (χ2n) is 6.24. The molecule has 0 fully saturated rings. The van der Waals surface area contributed by atoms with Crippen LogP contribution in [0.15, 0.2) is 60.8 Å². The Kier molecular flexibility index (Phi) is 6.69. The van der Waals surface area contributed by atoms with E-state index in [1.807, 2.05) is 24.3 Å². The zero-order valence-corrected chi connectivity index (χ0v) is 17.0. The Morgan fingerprint density at radius 2 is 1.66 bits per heavy atom. The number of halogens is 2. The zero-order chi connectivity index (χ0) is 20.8. The number of amides is 2. The number of pyridine rings is 1. The van der Waals surface area contributed by atoms with Gasteiger partial charge in [-0.25, -0.2) is 4.98 Å². The monoisotopic (exact) mass is 428 g/mol. The fourth-order valence-electron chi connectivity index (χ4n) is 2.60. The minimum absolute atomic E-state index is 0.122. The molecule has 0 spiro atoms. The molecule has 3 N–H and O–H groups in total. The number of carbonyl (C=O) groups is 2. The third kappa shape index (κ3) is 5.94. The van der Waals surface area contributed by atoms with Crippen LogP contribution in [-0.4, -0.2) is 16.8 Å². The highest BCUT2D eigenvalue weighted by atomic mass is 35.5. The SMILES string of the molecule is CC(=O)Nc1ccc(CNc2ccc(Cl)cc2C(=O)Nc2ccc(Cl)cn2)cc1. The second-order valence-corrected chi connectivity index (χ2v) is 7.11. The molecule has 2 amide bonds. The lowest BCUT2D eigenvalue weighted by Crippen LogP contribution is -2.15. The van der Waals surface area contributed by atoms with E-state index in [4.69, 9.17) is 23.2 Å². The fourth-order valence-corrected chi connectivity index (χ4v) is 2.88. The molecule has 148 valence electrons. The van der Waals surface area contributed by atoms with Gasteiger partial charge < -0.3 is 16.0 Å². The van der Waals surface area contributed by atoms with Crippen molar-refractivity contribution in [3.63, 3.8) is 0 Å². The van der Waals surface area contributed by atoms with E-state index in [1.54, 1.807) is 30.3 Å². The van der Waals surface area contributed by atoms with Crippen LogP contribution in [0.1, 0.15) is 22.8 Å². The number of aromatic nitrogens is 1. The number of carbonyl (C=O) groups excluding carboxylic acids is 2. The molecule has 0 bridgehead atoms. The van der Waals surface area contributed by atoms with E-state index in [-0.39, 0.29) is 11.8 Å². The topological polar surface area (TPSA) is 83.1 Å². The molecular weight excluding hydrogens is 411 g/mol. The quantitative estimate of drug-likeness (QED) is 0.502. The molecule has 29 heavy (non-hydrogen) atoms. The number of hydrogen-bond acceptors (Lipinski definition) is 4. The van der Waals surface area contributed by atoms with Crippen molar-refractivity contribution in [1.82, 2.24) is 4.98 Å². The molecule has 0 aliphatic heterocycles. The predicted molar refractivity (Wildman–Crippen MR) is 117 cm³/mol. The molecule has 6 nitrogen and oxygen atoms in total. The molecule has 0 saturated carbocycles. The first kappa shape index (κ1) is 20.6. The first-order valence-corrected chi connectivity index (χ1v) is 9.49. The van der Waals surface area contributed by atoms with Gasteiger partial charge in [-0.15, -0.1) is 0 Å². The summed E-state index contributed by atoms with van der Waals surface area (Å²) in [6.07, 6.45) is 1.46. The van der Waals surface area contributed by atoms with E-state index in [2.05, 4.69) is 20.9 Å². The Morgan fingerprint density at radius 1 is 0.931 bits per heavy atom. The van der Waals surface area contributed by atoms with Crippen LogP contribution < -0.4 is 16.0 Å². The van der Waals surface area contributed by atoms with Gasteiger partial charge in [0.2, 0.25) is 5.91 Å². The van der Waals surface area contributed by atoms with Crippen molar-refractivity contribution in [3.05, 3.63) is 82.0 Å². The van der Waals surface area contributed by atoms with E-state index >= 15 is 0 Å². The van der Waals surface area contributed by atoms with Gasteiger partial charge in [0.05, 0.1) is 10.6 Å². The van der Waals surface area contributed by atoms with Crippen molar-refractivity contribution in [1.29, 1.82) is 0 Å². The molecule has 3 aromatic rings. The van der Waals surface area contributed by atoms with E-state index in [9.17, 15) is 9.59 Å². The summed E-state index contributed by atoms with van der Waals surface area (Å²) in [6.45, 7) is 1.95. The largest absolute Gasteiger partial charge is 0.380 e. The smallest absolute Gasteiger partial charge is 0.258 e. The van der Waals surface area contributed by atoms with Crippen LogP contribution in [0.4, 0.5) is 17.2 Å². The normalized spacial score (nSPS) is 10.3. The molecular formula is C21H18Cl2N4O2. The van der Waals surface area contributed by atoms with Crippen LogP contribution in [0.3, 0.4) is 0 Å². The van der Waals surface area contributed by atoms with Gasteiger partial charge in [-0.05, 0) is 48.0 Å². The molecule has 0 aliphatic rings. The minimum Gasteiger partial charge on any atom is -0.380 e. The van der Waals surface area contributed by atoms with Crippen LogP contribution in [0.25, 0.3) is 0 Å². The van der Waals surface area contributed by atoms with Crippen LogP contribution in [0, 0.1) is 0 Å². The molecule has 3 rings (SSSR count). The van der Waals surface area contributed by atoms with Crippen molar-refractivity contribution in [3.8, 4) is 0 Å². The summed E-state index contributed by atoms with van der Waals surface area (Å²) >= 11 is 11.9. The van der Waals surface area contributed by atoms with Gasteiger partial charge in [0, 0.05) is 36.1 Å². The molecule has 0 saturated heterocycles. The Balaban J connectivity index is 1.72. The first-order valence-electron chi connectivity index (χ1n) is 8.73. The van der Waals surface area contributed by atoms with E-state index in [0.29, 0.717) is 33.7 Å². The minimum atomic E-state index is -0.342. The number of rotatable bonds is 6. The standard InChI is InChI=1S/C21H18Cl2N4O2/c1-13(28)26-17-6-2-14(3-7-17)11-24-19-8-4-15(22)10-18(19)21(29)27-20-9-5-16(23)12-25-20/h2-10,12,24H,11H2,1H3,(H,26,28)(H,25,27,29). The lowest BCUT2D eigenvalue weighted by Gasteiger charge is -2.13. The maximum atomic E-state index is 12.7. The summed E-state index contributed by atoms with van der Waals surface area (Å²) in [5.74, 6) is -0.0763. The lowest BCUT2D eigenvalue weighted by molar-refractivity contribution is -0.114. The number of nitrogens with one attached hydrogen (secondary N) is 3. The number of anilines is 3. The average molecular weight is 429 g/mol.